The van der Waals surface area contributed by atoms with E-state index < -0.39 is 15.7 Å². The van der Waals surface area contributed by atoms with Gasteiger partial charge in [0.15, 0.2) is 0 Å². The number of hydrogen-bond acceptors (Lipinski definition) is 6. The number of carbonyl (C=O) groups is 2. The zero-order chi connectivity index (χ0) is 26.2. The molecule has 0 aliphatic carbocycles. The molecule has 0 atom stereocenters. The Bertz CT molecular complexity index is 1650. The first-order chi connectivity index (χ1) is 17.8. The Morgan fingerprint density at radius 1 is 0.865 bits per heavy atom. The van der Waals surface area contributed by atoms with Crippen molar-refractivity contribution < 1.29 is 18.0 Å². The second-order valence-corrected chi connectivity index (χ2v) is 10.5. The van der Waals surface area contributed by atoms with Crippen LogP contribution < -0.4 is 5.32 Å². The number of fused-ring (bicyclic) bond motifs is 2. The molecule has 0 spiro atoms. The maximum Gasteiger partial charge on any atom is 0.257 e. The summed E-state index contributed by atoms with van der Waals surface area (Å²) in [5.74, 6) is -0.870. The Morgan fingerprint density at radius 2 is 1.51 bits per heavy atom. The van der Waals surface area contributed by atoms with Gasteiger partial charge in [-0.3, -0.25) is 9.59 Å². The number of nitrogens with zero attached hydrogens (tertiary/aromatic N) is 2. The summed E-state index contributed by atoms with van der Waals surface area (Å²) >= 11 is 0. The normalized spacial score (nSPS) is 13.5. The minimum Gasteiger partial charge on any atom is -0.337 e. The highest BCUT2D eigenvalue weighted by Crippen LogP contribution is 2.34. The Labute approximate surface area is 213 Å². The molecule has 2 amide bonds. The van der Waals surface area contributed by atoms with Crippen molar-refractivity contribution in [3.05, 3.63) is 113 Å². The summed E-state index contributed by atoms with van der Waals surface area (Å²) in [5, 5.41) is 5.54. The number of hydrogen-bond donors (Lipinski definition) is 1. The van der Waals surface area contributed by atoms with Crippen LogP contribution in [0.4, 0.5) is 11.4 Å². The van der Waals surface area contributed by atoms with Gasteiger partial charge in [-0.05, 0) is 64.3 Å². The lowest BCUT2D eigenvalue weighted by Gasteiger charge is -2.18. The van der Waals surface area contributed by atoms with E-state index in [1.807, 2.05) is 36.4 Å². The van der Waals surface area contributed by atoms with Gasteiger partial charge in [-0.2, -0.15) is 0 Å². The molecule has 4 aromatic carbocycles. The summed E-state index contributed by atoms with van der Waals surface area (Å²) in [6, 6.07) is 24.8. The number of rotatable bonds is 5. The van der Waals surface area contributed by atoms with Crippen LogP contribution >= 0.6 is 0 Å². The quantitative estimate of drug-likeness (QED) is 0.359. The van der Waals surface area contributed by atoms with Gasteiger partial charge in [0.1, 0.15) is 5.69 Å². The maximum absolute atomic E-state index is 13.2. The smallest absolute Gasteiger partial charge is 0.257 e. The summed E-state index contributed by atoms with van der Waals surface area (Å²) in [7, 11) is -2.29. The molecule has 184 valence electrons. The summed E-state index contributed by atoms with van der Waals surface area (Å²) in [6.07, 6.45) is 0. The van der Waals surface area contributed by atoms with Gasteiger partial charge in [0.2, 0.25) is 9.84 Å². The van der Waals surface area contributed by atoms with E-state index in [9.17, 15) is 22.9 Å². The molecular weight excluding hydrogens is 490 g/mol. The molecule has 8 nitrogen and oxygen atoms in total. The Kier molecular flexibility index (Phi) is 6.14. The Balaban J connectivity index is 1.35. The van der Waals surface area contributed by atoms with Crippen LogP contribution in [0.2, 0.25) is 0 Å². The van der Waals surface area contributed by atoms with Crippen molar-refractivity contribution >= 4 is 33.0 Å². The van der Waals surface area contributed by atoms with Crippen LogP contribution in [0.25, 0.3) is 11.1 Å². The van der Waals surface area contributed by atoms with Gasteiger partial charge in [-0.25, -0.2) is 8.42 Å². The number of amides is 2. The summed E-state index contributed by atoms with van der Waals surface area (Å²) < 4.78 is 26.3. The van der Waals surface area contributed by atoms with Crippen LogP contribution in [0.15, 0.2) is 106 Å². The zero-order valence-corrected chi connectivity index (χ0v) is 20.5. The second kappa shape index (κ2) is 9.44. The van der Waals surface area contributed by atoms with E-state index in [-0.39, 0.29) is 32.5 Å². The molecule has 0 fully saturated rings. The molecule has 0 radical (unpaired) electrons. The summed E-state index contributed by atoms with van der Waals surface area (Å²) in [5.41, 5.74) is 3.53. The predicted molar refractivity (Wildman–Crippen MR) is 139 cm³/mol. The van der Waals surface area contributed by atoms with Crippen molar-refractivity contribution in [3.8, 4) is 11.1 Å². The highest BCUT2D eigenvalue weighted by Gasteiger charge is 2.31. The third kappa shape index (κ3) is 4.52. The van der Waals surface area contributed by atoms with Gasteiger partial charge < -0.3 is 10.2 Å². The highest BCUT2D eigenvalue weighted by atomic mass is 32.2. The van der Waals surface area contributed by atoms with Crippen LogP contribution in [0.5, 0.6) is 0 Å². The molecule has 1 N–H and O–H groups in total. The number of nitroso groups, excluding NO2 is 1. The van der Waals surface area contributed by atoms with Crippen molar-refractivity contribution in [2.24, 2.45) is 5.18 Å². The maximum atomic E-state index is 13.2. The molecule has 9 heteroatoms. The van der Waals surface area contributed by atoms with Crippen molar-refractivity contribution in [2.75, 3.05) is 12.4 Å². The number of nitrogens with one attached hydrogen (secondary N) is 1. The Morgan fingerprint density at radius 3 is 2.19 bits per heavy atom. The van der Waals surface area contributed by atoms with E-state index in [0.29, 0.717) is 12.2 Å². The van der Waals surface area contributed by atoms with Gasteiger partial charge in [-0.1, -0.05) is 48.5 Å². The molecule has 1 aliphatic rings. The van der Waals surface area contributed by atoms with Crippen molar-refractivity contribution in [1.82, 2.24) is 4.90 Å². The van der Waals surface area contributed by atoms with E-state index in [1.54, 1.807) is 31.3 Å². The van der Waals surface area contributed by atoms with Crippen LogP contribution in [-0.4, -0.2) is 32.2 Å². The average molecular weight is 512 g/mol. The van der Waals surface area contributed by atoms with E-state index in [2.05, 4.69) is 10.5 Å². The number of sulfone groups is 1. The molecular formula is C28H21N3O5S. The van der Waals surface area contributed by atoms with Crippen molar-refractivity contribution in [2.45, 2.75) is 16.3 Å². The number of anilines is 1. The lowest BCUT2D eigenvalue weighted by molar-refractivity contribution is 0.0784. The standard InChI is InChI=1S/C28H21N3O5S/c1-31(17-18-6-8-19(9-7-18)20-10-13-22(30-34)14-11-20)28(33)21-12-15-26-24(16-21)29-27(32)23-4-2-3-5-25(23)37(26,35)36/h2-16H,17H2,1H3,(H,29,32). The number of carbonyl (C=O) groups excluding carboxylic acids is 2. The first kappa shape index (κ1) is 24.1. The van der Waals surface area contributed by atoms with E-state index in [1.165, 1.54) is 35.2 Å². The van der Waals surface area contributed by atoms with Crippen LogP contribution in [0.1, 0.15) is 26.3 Å². The molecule has 0 bridgehead atoms. The molecule has 1 aliphatic heterocycles. The molecule has 37 heavy (non-hydrogen) atoms. The topological polar surface area (TPSA) is 113 Å². The van der Waals surface area contributed by atoms with Crippen LogP contribution in [0.3, 0.4) is 0 Å². The SMILES string of the molecule is CN(Cc1ccc(-c2ccc(N=O)cc2)cc1)C(=O)c1ccc2c(c1)NC(=O)c1ccccc1S2(=O)=O. The van der Waals surface area contributed by atoms with Gasteiger partial charge >= 0.3 is 0 Å². The van der Waals surface area contributed by atoms with E-state index in [0.717, 1.165) is 16.7 Å². The first-order valence-electron chi connectivity index (χ1n) is 11.4. The monoisotopic (exact) mass is 511 g/mol. The second-order valence-electron chi connectivity index (χ2n) is 8.66. The molecule has 4 aromatic rings. The van der Waals surface area contributed by atoms with Crippen LogP contribution in [0, 0.1) is 4.91 Å². The van der Waals surface area contributed by atoms with Gasteiger partial charge in [-0.15, -0.1) is 4.91 Å². The summed E-state index contributed by atoms with van der Waals surface area (Å²) in [6.45, 7) is 0.320. The van der Waals surface area contributed by atoms with Gasteiger partial charge in [0, 0.05) is 19.2 Å². The largest absolute Gasteiger partial charge is 0.337 e. The predicted octanol–water partition coefficient (Wildman–Crippen LogP) is 5.42. The van der Waals surface area contributed by atoms with Gasteiger partial charge in [0.05, 0.1) is 21.0 Å². The minimum atomic E-state index is -3.94. The zero-order valence-electron chi connectivity index (χ0n) is 19.7. The molecule has 0 saturated carbocycles. The molecule has 5 rings (SSSR count). The first-order valence-corrected chi connectivity index (χ1v) is 12.8. The molecule has 0 unspecified atom stereocenters. The molecule has 0 aromatic heterocycles. The van der Waals surface area contributed by atoms with Crippen molar-refractivity contribution in [1.29, 1.82) is 0 Å². The fraction of sp³-hybridized carbons (Fsp3) is 0.0714. The molecule has 0 saturated heterocycles. The van der Waals surface area contributed by atoms with E-state index >= 15 is 0 Å². The van der Waals surface area contributed by atoms with E-state index in [4.69, 9.17) is 0 Å². The van der Waals surface area contributed by atoms with Crippen molar-refractivity contribution in [3.63, 3.8) is 0 Å². The fourth-order valence-electron chi connectivity index (χ4n) is 4.28. The lowest BCUT2D eigenvalue weighted by Crippen LogP contribution is -2.26. The molecule has 1 heterocycles. The Hall–Kier alpha value is -4.63. The fourth-order valence-corrected chi connectivity index (χ4v) is 5.87. The average Bonchev–Trinajstić information content (AvgIpc) is 3.00. The third-order valence-electron chi connectivity index (χ3n) is 6.21. The highest BCUT2D eigenvalue weighted by molar-refractivity contribution is 7.91. The summed E-state index contributed by atoms with van der Waals surface area (Å²) in [4.78, 5) is 37.8. The minimum absolute atomic E-state index is 0.0578. The number of benzene rings is 4. The third-order valence-corrected chi connectivity index (χ3v) is 8.08. The lowest BCUT2D eigenvalue weighted by atomic mass is 10.0. The van der Waals surface area contributed by atoms with Gasteiger partial charge in [0.25, 0.3) is 11.8 Å². The van der Waals surface area contributed by atoms with Crippen LogP contribution in [-0.2, 0) is 16.4 Å².